The van der Waals surface area contributed by atoms with E-state index in [0.717, 1.165) is 37.7 Å². The largest absolute Gasteiger partial charge is 0.472 e. The van der Waals surface area contributed by atoms with Crippen molar-refractivity contribution >= 4 is 20.3 Å². The van der Waals surface area contributed by atoms with Crippen LogP contribution in [-0.2, 0) is 23.5 Å². The van der Waals surface area contributed by atoms with E-state index in [9.17, 15) is 9.59 Å². The van der Waals surface area contributed by atoms with Crippen LogP contribution in [0.4, 0.5) is 0 Å². The molecule has 6 nitrogen and oxygen atoms in total. The highest BCUT2D eigenvalue weighted by atomic mass is 28.4. The molecule has 0 aromatic carbocycles. The van der Waals surface area contributed by atoms with Crippen LogP contribution in [-0.4, -0.2) is 33.0 Å². The van der Waals surface area contributed by atoms with Crippen molar-refractivity contribution < 1.29 is 27.9 Å². The molecule has 0 amide bonds. The molecular weight excluding hydrogens is 484 g/mol. The monoisotopic (exact) mass is 532 g/mol. The summed E-state index contributed by atoms with van der Waals surface area (Å²) in [5, 5.41) is 0.0791. The number of carbonyl (C=O) groups is 2. The fraction of sp³-hybridized carbons (Fsp3) is 0.733. The lowest BCUT2D eigenvalue weighted by Crippen LogP contribution is -2.59. The number of furan rings is 1. The average Bonchev–Trinajstić information content (AvgIpc) is 3.30. The second kappa shape index (κ2) is 10.7. The van der Waals surface area contributed by atoms with Crippen molar-refractivity contribution in [1.29, 1.82) is 0 Å². The fourth-order valence-corrected chi connectivity index (χ4v) is 8.01. The lowest BCUT2D eigenvalue weighted by molar-refractivity contribution is -0.192. The number of hydrogen-bond donors (Lipinski definition) is 0. The predicted octanol–water partition coefficient (Wildman–Crippen LogP) is 7.62. The molecule has 0 spiro atoms. The van der Waals surface area contributed by atoms with Gasteiger partial charge in [0.1, 0.15) is 12.7 Å². The first-order valence-corrected chi connectivity index (χ1v) is 16.6. The summed E-state index contributed by atoms with van der Waals surface area (Å²) < 4.78 is 24.0. The zero-order valence-corrected chi connectivity index (χ0v) is 25.4. The van der Waals surface area contributed by atoms with Gasteiger partial charge in [0.15, 0.2) is 8.32 Å². The minimum atomic E-state index is -2.07. The number of rotatable bonds is 8. The van der Waals surface area contributed by atoms with Crippen LogP contribution < -0.4 is 0 Å². The first-order chi connectivity index (χ1) is 17.0. The van der Waals surface area contributed by atoms with Crippen LogP contribution in [0.5, 0.6) is 0 Å². The Morgan fingerprint density at radius 3 is 2.41 bits per heavy atom. The van der Waals surface area contributed by atoms with E-state index in [0.29, 0.717) is 0 Å². The third kappa shape index (κ3) is 6.08. The molecule has 1 aromatic rings. The van der Waals surface area contributed by atoms with Crippen molar-refractivity contribution in [1.82, 2.24) is 0 Å². The van der Waals surface area contributed by atoms with Gasteiger partial charge in [0.2, 0.25) is 0 Å². The second-order valence-electron chi connectivity index (χ2n) is 13.4. The molecule has 37 heavy (non-hydrogen) atoms. The number of hydrogen-bond acceptors (Lipinski definition) is 6. The molecular formula is C30H48O6Si. The minimum Gasteiger partial charge on any atom is -0.472 e. The van der Waals surface area contributed by atoms with Crippen LogP contribution in [0, 0.1) is 22.7 Å². The average molecular weight is 533 g/mol. The van der Waals surface area contributed by atoms with E-state index in [2.05, 4.69) is 54.3 Å². The first-order valence-electron chi connectivity index (χ1n) is 13.7. The molecule has 208 valence electrons. The van der Waals surface area contributed by atoms with Gasteiger partial charge in [-0.2, -0.15) is 0 Å². The van der Waals surface area contributed by atoms with Crippen LogP contribution in [0.3, 0.4) is 0 Å². The van der Waals surface area contributed by atoms with E-state index in [1.54, 1.807) is 6.26 Å². The van der Waals surface area contributed by atoms with Gasteiger partial charge in [-0.3, -0.25) is 9.59 Å². The number of ether oxygens (including phenoxy) is 2. The second-order valence-corrected chi connectivity index (χ2v) is 18.1. The van der Waals surface area contributed by atoms with E-state index in [-0.39, 0.29) is 53.0 Å². The van der Waals surface area contributed by atoms with Crippen LogP contribution in [0.15, 0.2) is 35.2 Å². The Bertz CT molecular complexity index is 977. The Kier molecular flexibility index (Phi) is 8.60. The predicted molar refractivity (Wildman–Crippen MR) is 147 cm³/mol. The quantitative estimate of drug-likeness (QED) is 0.195. The molecule has 2 aliphatic carbocycles. The van der Waals surface area contributed by atoms with Crippen LogP contribution in [0.1, 0.15) is 92.2 Å². The van der Waals surface area contributed by atoms with Crippen molar-refractivity contribution in [3.8, 4) is 0 Å². The molecule has 6 atom stereocenters. The maximum atomic E-state index is 12.0. The van der Waals surface area contributed by atoms with Crippen molar-refractivity contribution in [2.24, 2.45) is 22.7 Å². The van der Waals surface area contributed by atoms with Gasteiger partial charge in [-0.05, 0) is 73.6 Å². The molecule has 0 aliphatic heterocycles. The van der Waals surface area contributed by atoms with Gasteiger partial charge in [0.05, 0.1) is 18.6 Å². The maximum Gasteiger partial charge on any atom is 0.302 e. The van der Waals surface area contributed by atoms with Crippen molar-refractivity contribution in [2.45, 2.75) is 111 Å². The standard InChI is InChI=1S/C30H48O6Si/c1-20-11-12-26-29(7,15-13-27(35-22(3)32)30(26,8)19-34-21(2)31)24(20)17-25(23-14-16-33-18-23)36-37(9,10)28(4,5)6/h14,16,18,24-27H,1,11-13,15,17,19H2,2-10H3/t24-,25+,26+,27-,29+,30+/m1/s1. The van der Waals surface area contributed by atoms with E-state index < -0.39 is 13.7 Å². The summed E-state index contributed by atoms with van der Waals surface area (Å²) in [5.74, 6) is -0.187. The number of esters is 2. The van der Waals surface area contributed by atoms with E-state index in [4.69, 9.17) is 18.3 Å². The lowest BCUT2D eigenvalue weighted by Gasteiger charge is -2.60. The molecule has 3 rings (SSSR count). The number of allylic oxidation sites excluding steroid dienone is 1. The Balaban J connectivity index is 1.99. The molecule has 0 saturated heterocycles. The number of carbonyl (C=O) groups excluding carboxylic acids is 2. The normalized spacial score (nSPS) is 31.4. The summed E-state index contributed by atoms with van der Waals surface area (Å²) in [5.41, 5.74) is 1.75. The summed E-state index contributed by atoms with van der Waals surface area (Å²) in [4.78, 5) is 23.9. The Labute approximate surface area is 224 Å². The summed E-state index contributed by atoms with van der Waals surface area (Å²) in [6.07, 6.45) is 7.43. The molecule has 1 aromatic heterocycles. The summed E-state index contributed by atoms with van der Waals surface area (Å²) in [6.45, 7) is 23.6. The molecule has 2 aliphatic rings. The molecule has 1 heterocycles. The molecule has 0 radical (unpaired) electrons. The first kappa shape index (κ1) is 29.7. The molecule has 0 N–H and O–H groups in total. The van der Waals surface area contributed by atoms with Gasteiger partial charge in [-0.25, -0.2) is 0 Å². The summed E-state index contributed by atoms with van der Waals surface area (Å²) in [7, 11) is -2.07. The highest BCUT2D eigenvalue weighted by molar-refractivity contribution is 6.74. The van der Waals surface area contributed by atoms with Gasteiger partial charge in [0, 0.05) is 24.8 Å². The Morgan fingerprint density at radius 2 is 1.86 bits per heavy atom. The molecule has 0 unspecified atom stereocenters. The van der Waals surface area contributed by atoms with E-state index in [1.165, 1.54) is 19.4 Å². The molecule has 0 bridgehead atoms. The minimum absolute atomic E-state index is 0.0791. The van der Waals surface area contributed by atoms with E-state index in [1.807, 2.05) is 12.3 Å². The van der Waals surface area contributed by atoms with E-state index >= 15 is 0 Å². The summed E-state index contributed by atoms with van der Waals surface area (Å²) in [6, 6.07) is 2.02. The Morgan fingerprint density at radius 1 is 1.19 bits per heavy atom. The summed E-state index contributed by atoms with van der Waals surface area (Å²) >= 11 is 0. The van der Waals surface area contributed by atoms with Gasteiger partial charge >= 0.3 is 11.9 Å². The van der Waals surface area contributed by atoms with Crippen molar-refractivity contribution in [3.63, 3.8) is 0 Å². The molecule has 7 heteroatoms. The fourth-order valence-electron chi connectivity index (χ4n) is 6.71. The zero-order chi connectivity index (χ0) is 27.8. The van der Waals surface area contributed by atoms with Crippen LogP contribution in [0.25, 0.3) is 0 Å². The number of fused-ring (bicyclic) bond motifs is 1. The lowest BCUT2D eigenvalue weighted by atomic mass is 9.46. The Hall–Kier alpha value is -1.86. The topological polar surface area (TPSA) is 75.0 Å². The van der Waals surface area contributed by atoms with Crippen molar-refractivity contribution in [3.05, 3.63) is 36.3 Å². The van der Waals surface area contributed by atoms with Crippen LogP contribution >= 0.6 is 0 Å². The van der Waals surface area contributed by atoms with Gasteiger partial charge < -0.3 is 18.3 Å². The highest BCUT2D eigenvalue weighted by Gasteiger charge is 2.60. The van der Waals surface area contributed by atoms with Gasteiger partial charge in [-0.15, -0.1) is 0 Å². The zero-order valence-electron chi connectivity index (χ0n) is 24.4. The smallest absolute Gasteiger partial charge is 0.302 e. The van der Waals surface area contributed by atoms with Crippen LogP contribution in [0.2, 0.25) is 18.1 Å². The van der Waals surface area contributed by atoms with Crippen molar-refractivity contribution in [2.75, 3.05) is 6.61 Å². The SMILES string of the molecule is C=C1CC[C@@H]2[C@](C)(COC(C)=O)[C@H](OC(C)=O)CC[C@@]2(C)[C@@H]1C[C@H](O[Si](C)(C)C(C)(C)C)c1ccoc1. The third-order valence-corrected chi connectivity index (χ3v) is 14.3. The third-order valence-electron chi connectivity index (χ3n) is 9.82. The maximum absolute atomic E-state index is 12.0. The van der Waals surface area contributed by atoms with Gasteiger partial charge in [-0.1, -0.05) is 46.8 Å². The molecule has 2 fully saturated rings. The highest BCUT2D eigenvalue weighted by Crippen LogP contribution is 2.63. The van der Waals surface area contributed by atoms with Gasteiger partial charge in [0.25, 0.3) is 0 Å². The molecule has 2 saturated carbocycles.